The maximum Gasteiger partial charge on any atom is 0.238 e. The Bertz CT molecular complexity index is 444. The van der Waals surface area contributed by atoms with E-state index in [0.717, 1.165) is 23.4 Å². The van der Waals surface area contributed by atoms with Crippen molar-refractivity contribution in [3.63, 3.8) is 0 Å². The van der Waals surface area contributed by atoms with Gasteiger partial charge in [0.2, 0.25) is 5.91 Å². The van der Waals surface area contributed by atoms with E-state index in [4.69, 9.17) is 4.74 Å². The number of hydrogen-bond donors (Lipinski definition) is 2. The number of hydrogen-bond acceptors (Lipinski definition) is 3. The predicted molar refractivity (Wildman–Crippen MR) is 83.3 cm³/mol. The van der Waals surface area contributed by atoms with Gasteiger partial charge in [0.1, 0.15) is 5.75 Å². The molecule has 0 aromatic heterocycles. The van der Waals surface area contributed by atoms with Gasteiger partial charge in [0, 0.05) is 11.7 Å². The van der Waals surface area contributed by atoms with E-state index in [2.05, 4.69) is 24.5 Å². The summed E-state index contributed by atoms with van der Waals surface area (Å²) in [6.07, 6.45) is 1.16. The van der Waals surface area contributed by atoms with Gasteiger partial charge >= 0.3 is 0 Å². The summed E-state index contributed by atoms with van der Waals surface area (Å²) in [7, 11) is 0. The van der Waals surface area contributed by atoms with Crippen molar-refractivity contribution >= 4 is 11.6 Å². The number of carbonyl (C=O) groups excluding carboxylic acids is 1. The summed E-state index contributed by atoms with van der Waals surface area (Å²) in [5, 5.41) is 6.09. The molecule has 1 rings (SSSR count). The minimum atomic E-state index is -0.0223. The fourth-order valence-corrected chi connectivity index (χ4v) is 1.73. The lowest BCUT2D eigenvalue weighted by molar-refractivity contribution is -0.115. The minimum Gasteiger partial charge on any atom is -0.491 e. The molecule has 0 aliphatic heterocycles. The van der Waals surface area contributed by atoms with Gasteiger partial charge in [-0.05, 0) is 57.9 Å². The quantitative estimate of drug-likeness (QED) is 0.805. The molecule has 1 aromatic carbocycles. The molecule has 4 nitrogen and oxygen atoms in total. The number of rotatable bonds is 7. The molecule has 1 amide bonds. The average molecular weight is 278 g/mol. The Morgan fingerprint density at radius 2 is 2.00 bits per heavy atom. The first-order valence-corrected chi connectivity index (χ1v) is 7.23. The zero-order chi connectivity index (χ0) is 15.1. The lowest BCUT2D eigenvalue weighted by atomic mass is 10.2. The van der Waals surface area contributed by atoms with Crippen LogP contribution in [0.25, 0.3) is 0 Å². The summed E-state index contributed by atoms with van der Waals surface area (Å²) in [5.41, 5.74) is 1.83. The maximum atomic E-state index is 11.8. The molecule has 1 aromatic rings. The Hall–Kier alpha value is -1.55. The second kappa shape index (κ2) is 7.90. The van der Waals surface area contributed by atoms with Gasteiger partial charge in [0.15, 0.2) is 0 Å². The van der Waals surface area contributed by atoms with Crippen molar-refractivity contribution in [3.05, 3.63) is 23.8 Å². The highest BCUT2D eigenvalue weighted by Crippen LogP contribution is 2.22. The lowest BCUT2D eigenvalue weighted by Gasteiger charge is -2.14. The van der Waals surface area contributed by atoms with Crippen molar-refractivity contribution in [2.45, 2.75) is 53.2 Å². The number of nitrogens with one attached hydrogen (secondary N) is 2. The second-order valence-electron chi connectivity index (χ2n) is 5.38. The van der Waals surface area contributed by atoms with Gasteiger partial charge in [-0.2, -0.15) is 0 Å². The van der Waals surface area contributed by atoms with Gasteiger partial charge in [-0.25, -0.2) is 0 Å². The summed E-state index contributed by atoms with van der Waals surface area (Å²) in [5.74, 6) is 0.805. The van der Waals surface area contributed by atoms with Crippen LogP contribution in [0.1, 0.15) is 39.7 Å². The third-order valence-electron chi connectivity index (χ3n) is 3.07. The standard InChI is InChI=1S/C16H26N2O2/c1-6-13(5)17-10-16(19)18-15-8-7-14(9-12(15)4)20-11(2)3/h7-9,11,13,17H,6,10H2,1-5H3,(H,18,19). The number of aryl methyl sites for hydroxylation is 1. The first kappa shape index (κ1) is 16.5. The molecule has 2 N–H and O–H groups in total. The van der Waals surface area contributed by atoms with Crippen LogP contribution in [-0.2, 0) is 4.79 Å². The normalized spacial score (nSPS) is 12.3. The average Bonchev–Trinajstić information content (AvgIpc) is 2.38. The van der Waals surface area contributed by atoms with Crippen molar-refractivity contribution in [1.82, 2.24) is 5.32 Å². The van der Waals surface area contributed by atoms with Crippen LogP contribution in [0.3, 0.4) is 0 Å². The first-order chi connectivity index (χ1) is 9.42. The zero-order valence-corrected chi connectivity index (χ0v) is 13.1. The Balaban J connectivity index is 2.57. The summed E-state index contributed by atoms with van der Waals surface area (Å²) in [6, 6.07) is 6.06. The van der Waals surface area contributed by atoms with Crippen LogP contribution >= 0.6 is 0 Å². The minimum absolute atomic E-state index is 0.0223. The molecule has 0 aliphatic carbocycles. The van der Waals surface area contributed by atoms with Crippen molar-refractivity contribution in [3.8, 4) is 5.75 Å². The largest absolute Gasteiger partial charge is 0.491 e. The molecule has 0 radical (unpaired) electrons. The van der Waals surface area contributed by atoms with Gasteiger partial charge < -0.3 is 15.4 Å². The fraction of sp³-hybridized carbons (Fsp3) is 0.562. The molecular formula is C16H26N2O2. The maximum absolute atomic E-state index is 11.8. The van der Waals surface area contributed by atoms with Crippen LogP contribution in [0.4, 0.5) is 5.69 Å². The highest BCUT2D eigenvalue weighted by Gasteiger charge is 2.07. The van der Waals surface area contributed by atoms with Gasteiger partial charge in [-0.15, -0.1) is 0 Å². The smallest absolute Gasteiger partial charge is 0.238 e. The molecule has 0 saturated carbocycles. The highest BCUT2D eigenvalue weighted by molar-refractivity contribution is 5.93. The number of benzene rings is 1. The summed E-state index contributed by atoms with van der Waals surface area (Å²) >= 11 is 0. The number of carbonyl (C=O) groups is 1. The topological polar surface area (TPSA) is 50.4 Å². The van der Waals surface area contributed by atoms with Crippen LogP contribution < -0.4 is 15.4 Å². The molecule has 0 fully saturated rings. The number of amides is 1. The molecular weight excluding hydrogens is 252 g/mol. The van der Waals surface area contributed by atoms with E-state index in [9.17, 15) is 4.79 Å². The Morgan fingerprint density at radius 3 is 2.55 bits per heavy atom. The fourth-order valence-electron chi connectivity index (χ4n) is 1.73. The third kappa shape index (κ3) is 5.61. The summed E-state index contributed by atoms with van der Waals surface area (Å²) in [6.45, 7) is 10.4. The van der Waals surface area contributed by atoms with Crippen LogP contribution in [0.15, 0.2) is 18.2 Å². The predicted octanol–water partition coefficient (Wildman–Crippen LogP) is 3.11. The Morgan fingerprint density at radius 1 is 1.30 bits per heavy atom. The van der Waals surface area contributed by atoms with Crippen molar-refractivity contribution < 1.29 is 9.53 Å². The number of ether oxygens (including phenoxy) is 1. The van der Waals surface area contributed by atoms with E-state index < -0.39 is 0 Å². The number of anilines is 1. The van der Waals surface area contributed by atoms with Gasteiger partial charge in [-0.1, -0.05) is 6.92 Å². The molecule has 0 aliphatic rings. The molecule has 1 unspecified atom stereocenters. The van der Waals surface area contributed by atoms with E-state index in [-0.39, 0.29) is 12.0 Å². The van der Waals surface area contributed by atoms with Gasteiger partial charge in [-0.3, -0.25) is 4.79 Å². The van der Waals surface area contributed by atoms with Gasteiger partial charge in [0.05, 0.1) is 12.6 Å². The third-order valence-corrected chi connectivity index (χ3v) is 3.07. The molecule has 4 heteroatoms. The monoisotopic (exact) mass is 278 g/mol. The highest BCUT2D eigenvalue weighted by atomic mass is 16.5. The summed E-state index contributed by atoms with van der Waals surface area (Å²) < 4.78 is 5.62. The Kier molecular flexibility index (Phi) is 6.52. The molecule has 20 heavy (non-hydrogen) atoms. The van der Waals surface area contributed by atoms with E-state index in [0.29, 0.717) is 12.6 Å². The lowest BCUT2D eigenvalue weighted by Crippen LogP contribution is -2.34. The van der Waals surface area contributed by atoms with E-state index >= 15 is 0 Å². The first-order valence-electron chi connectivity index (χ1n) is 7.23. The molecule has 0 heterocycles. The van der Waals surface area contributed by atoms with E-state index in [1.54, 1.807) is 0 Å². The SMILES string of the molecule is CCC(C)NCC(=O)Nc1ccc(OC(C)C)cc1C. The molecule has 112 valence electrons. The van der Waals surface area contributed by atoms with Crippen LogP contribution in [0.2, 0.25) is 0 Å². The van der Waals surface area contributed by atoms with Crippen molar-refractivity contribution in [2.24, 2.45) is 0 Å². The van der Waals surface area contributed by atoms with Crippen molar-refractivity contribution in [2.75, 3.05) is 11.9 Å². The summed E-state index contributed by atoms with van der Waals surface area (Å²) in [4.78, 5) is 11.8. The second-order valence-corrected chi connectivity index (χ2v) is 5.38. The van der Waals surface area contributed by atoms with E-state index in [1.807, 2.05) is 39.0 Å². The van der Waals surface area contributed by atoms with E-state index in [1.165, 1.54) is 0 Å². The zero-order valence-electron chi connectivity index (χ0n) is 13.1. The molecule has 0 saturated heterocycles. The van der Waals surface area contributed by atoms with Crippen LogP contribution in [-0.4, -0.2) is 24.6 Å². The van der Waals surface area contributed by atoms with Crippen LogP contribution in [0, 0.1) is 6.92 Å². The molecule has 0 bridgehead atoms. The molecule has 1 atom stereocenters. The van der Waals surface area contributed by atoms with Crippen molar-refractivity contribution in [1.29, 1.82) is 0 Å². The van der Waals surface area contributed by atoms with Crippen LogP contribution in [0.5, 0.6) is 5.75 Å². The Labute approximate surface area is 121 Å². The molecule has 0 spiro atoms. The van der Waals surface area contributed by atoms with Gasteiger partial charge in [0.25, 0.3) is 0 Å².